The summed E-state index contributed by atoms with van der Waals surface area (Å²) in [7, 11) is 0. The highest BCUT2D eigenvalue weighted by molar-refractivity contribution is 5.74. The van der Waals surface area contributed by atoms with E-state index in [0.717, 1.165) is 66.2 Å². The van der Waals surface area contributed by atoms with Crippen molar-refractivity contribution in [3.05, 3.63) is 63.3 Å². The maximum absolute atomic E-state index is 12.2. The molecule has 0 fully saturated rings. The van der Waals surface area contributed by atoms with Gasteiger partial charge < -0.3 is 0 Å². The second-order valence-corrected chi connectivity index (χ2v) is 6.88. The Hall–Kier alpha value is -2.60. The summed E-state index contributed by atoms with van der Waals surface area (Å²) in [5, 5.41) is 4.55. The summed E-state index contributed by atoms with van der Waals surface area (Å²) >= 11 is 0. The topological polar surface area (TPSA) is 63.9 Å². The Morgan fingerprint density at radius 2 is 1.92 bits per heavy atom. The van der Waals surface area contributed by atoms with Gasteiger partial charge in [-0.25, -0.2) is 14.6 Å². The first-order valence-electron chi connectivity index (χ1n) is 9.18. The van der Waals surface area contributed by atoms with Gasteiger partial charge in [-0.2, -0.15) is 5.10 Å². The summed E-state index contributed by atoms with van der Waals surface area (Å²) in [5.41, 5.74) is 5.91. The molecule has 0 unspecified atom stereocenters. The summed E-state index contributed by atoms with van der Waals surface area (Å²) in [6.07, 6.45) is 1.77. The number of hydrogen-bond acceptors (Lipinski definition) is 5. The van der Waals surface area contributed by atoms with E-state index in [1.165, 1.54) is 0 Å². The number of para-hydroxylation sites is 2. The number of rotatable bonds is 4. The molecule has 0 aliphatic carbocycles. The molecule has 0 bridgehead atoms. The molecule has 1 aromatic carbocycles. The van der Waals surface area contributed by atoms with Crippen molar-refractivity contribution in [2.45, 2.75) is 46.3 Å². The standard InChI is InChI=1S/C20H23N5O/c1-3-9-25-20(26)11-15-12-24(10-8-16(15)23-25)13-19-14(2)21-17-6-4-5-7-18(17)22-19/h4-7,11H,3,8-10,12-13H2,1-2H3. The number of nitrogens with zero attached hydrogens (tertiary/aromatic N) is 5. The Morgan fingerprint density at radius 1 is 1.15 bits per heavy atom. The molecule has 0 amide bonds. The summed E-state index contributed by atoms with van der Waals surface area (Å²) in [5.74, 6) is 0. The van der Waals surface area contributed by atoms with Crippen LogP contribution in [0.3, 0.4) is 0 Å². The lowest BCUT2D eigenvalue weighted by Gasteiger charge is -2.28. The molecule has 0 saturated heterocycles. The highest BCUT2D eigenvalue weighted by Gasteiger charge is 2.20. The van der Waals surface area contributed by atoms with Crippen LogP contribution in [0.2, 0.25) is 0 Å². The van der Waals surface area contributed by atoms with Gasteiger partial charge >= 0.3 is 0 Å². The average molecular weight is 349 g/mol. The first-order chi connectivity index (χ1) is 12.6. The molecule has 0 saturated carbocycles. The van der Waals surface area contributed by atoms with E-state index < -0.39 is 0 Å². The number of benzene rings is 1. The van der Waals surface area contributed by atoms with Gasteiger partial charge in [0.05, 0.1) is 28.1 Å². The summed E-state index contributed by atoms with van der Waals surface area (Å²) < 4.78 is 1.59. The molecule has 6 nitrogen and oxygen atoms in total. The van der Waals surface area contributed by atoms with E-state index >= 15 is 0 Å². The van der Waals surface area contributed by atoms with Crippen molar-refractivity contribution in [2.24, 2.45) is 0 Å². The van der Waals surface area contributed by atoms with Crippen LogP contribution in [0, 0.1) is 6.92 Å². The highest BCUT2D eigenvalue weighted by Crippen LogP contribution is 2.19. The molecular weight excluding hydrogens is 326 g/mol. The van der Waals surface area contributed by atoms with Crippen LogP contribution in [0.5, 0.6) is 0 Å². The van der Waals surface area contributed by atoms with Gasteiger partial charge in [-0.3, -0.25) is 9.69 Å². The van der Waals surface area contributed by atoms with E-state index in [0.29, 0.717) is 6.54 Å². The zero-order valence-electron chi connectivity index (χ0n) is 15.3. The van der Waals surface area contributed by atoms with Crippen LogP contribution in [-0.4, -0.2) is 31.2 Å². The van der Waals surface area contributed by atoms with Crippen molar-refractivity contribution in [3.63, 3.8) is 0 Å². The minimum Gasteiger partial charge on any atom is -0.293 e. The Kier molecular flexibility index (Phi) is 4.51. The van der Waals surface area contributed by atoms with Crippen LogP contribution in [0.1, 0.15) is 36.0 Å². The molecule has 0 radical (unpaired) electrons. The molecule has 26 heavy (non-hydrogen) atoms. The maximum atomic E-state index is 12.2. The Balaban J connectivity index is 1.57. The van der Waals surface area contributed by atoms with E-state index in [1.807, 2.05) is 31.2 Å². The third-order valence-electron chi connectivity index (χ3n) is 4.87. The number of aryl methyl sites for hydroxylation is 2. The Bertz CT molecular complexity index is 1010. The number of fused-ring (bicyclic) bond motifs is 2. The largest absolute Gasteiger partial charge is 0.293 e. The van der Waals surface area contributed by atoms with E-state index in [1.54, 1.807) is 10.7 Å². The van der Waals surface area contributed by atoms with Crippen LogP contribution in [0.15, 0.2) is 35.1 Å². The van der Waals surface area contributed by atoms with E-state index in [2.05, 4.69) is 21.9 Å². The van der Waals surface area contributed by atoms with Gasteiger partial charge in [0, 0.05) is 38.7 Å². The van der Waals surface area contributed by atoms with Gasteiger partial charge in [0.15, 0.2) is 0 Å². The molecule has 3 heterocycles. The number of aromatic nitrogens is 4. The van der Waals surface area contributed by atoms with Crippen molar-refractivity contribution in [3.8, 4) is 0 Å². The molecule has 0 N–H and O–H groups in total. The van der Waals surface area contributed by atoms with Gasteiger partial charge in [-0.1, -0.05) is 19.1 Å². The summed E-state index contributed by atoms with van der Waals surface area (Å²) in [6, 6.07) is 9.71. The SMILES string of the molecule is CCCn1nc2c(cc1=O)CN(Cc1nc3ccccc3nc1C)CC2. The number of hydrogen-bond donors (Lipinski definition) is 0. The molecule has 0 atom stereocenters. The average Bonchev–Trinajstić information content (AvgIpc) is 2.63. The first-order valence-corrected chi connectivity index (χ1v) is 9.18. The smallest absolute Gasteiger partial charge is 0.267 e. The fourth-order valence-corrected chi connectivity index (χ4v) is 3.49. The Morgan fingerprint density at radius 3 is 2.69 bits per heavy atom. The minimum absolute atomic E-state index is 0.00544. The lowest BCUT2D eigenvalue weighted by molar-refractivity contribution is 0.237. The zero-order valence-corrected chi connectivity index (χ0v) is 15.3. The predicted molar refractivity (Wildman–Crippen MR) is 101 cm³/mol. The van der Waals surface area contributed by atoms with Gasteiger partial charge in [-0.15, -0.1) is 0 Å². The van der Waals surface area contributed by atoms with Gasteiger partial charge in [0.2, 0.25) is 0 Å². The van der Waals surface area contributed by atoms with Gasteiger partial charge in [0.1, 0.15) is 0 Å². The summed E-state index contributed by atoms with van der Waals surface area (Å²) in [6.45, 7) is 7.14. The molecular formula is C20H23N5O. The van der Waals surface area contributed by atoms with Crippen LogP contribution in [0.25, 0.3) is 11.0 Å². The van der Waals surface area contributed by atoms with Crippen molar-refractivity contribution < 1.29 is 0 Å². The van der Waals surface area contributed by atoms with Crippen molar-refractivity contribution in [2.75, 3.05) is 6.54 Å². The van der Waals surface area contributed by atoms with Crippen LogP contribution >= 0.6 is 0 Å². The van der Waals surface area contributed by atoms with Gasteiger partial charge in [0.25, 0.3) is 5.56 Å². The maximum Gasteiger partial charge on any atom is 0.267 e. The third kappa shape index (κ3) is 3.24. The minimum atomic E-state index is -0.00544. The fourth-order valence-electron chi connectivity index (χ4n) is 3.49. The highest BCUT2D eigenvalue weighted by atomic mass is 16.1. The molecule has 4 rings (SSSR count). The Labute approximate surface area is 152 Å². The summed E-state index contributed by atoms with van der Waals surface area (Å²) in [4.78, 5) is 24.0. The predicted octanol–water partition coefficient (Wildman–Crippen LogP) is 2.46. The lowest BCUT2D eigenvalue weighted by Crippen LogP contribution is -2.35. The van der Waals surface area contributed by atoms with E-state index in [-0.39, 0.29) is 5.56 Å². The monoisotopic (exact) mass is 349 g/mol. The molecule has 2 aromatic heterocycles. The molecule has 1 aliphatic heterocycles. The van der Waals surface area contributed by atoms with Crippen molar-refractivity contribution >= 4 is 11.0 Å². The normalized spacial score (nSPS) is 14.5. The van der Waals surface area contributed by atoms with Crippen molar-refractivity contribution in [1.82, 2.24) is 24.6 Å². The third-order valence-corrected chi connectivity index (χ3v) is 4.87. The molecule has 0 spiro atoms. The van der Waals surface area contributed by atoms with Crippen molar-refractivity contribution in [1.29, 1.82) is 0 Å². The van der Waals surface area contributed by atoms with Crippen LogP contribution in [-0.2, 0) is 26.1 Å². The first kappa shape index (κ1) is 16.8. The van der Waals surface area contributed by atoms with Crippen LogP contribution < -0.4 is 5.56 Å². The molecule has 6 heteroatoms. The molecule has 1 aliphatic rings. The zero-order chi connectivity index (χ0) is 18.1. The second kappa shape index (κ2) is 6.96. The second-order valence-electron chi connectivity index (χ2n) is 6.88. The lowest BCUT2D eigenvalue weighted by atomic mass is 10.1. The van der Waals surface area contributed by atoms with E-state index in [9.17, 15) is 4.79 Å². The van der Waals surface area contributed by atoms with Crippen LogP contribution in [0.4, 0.5) is 0 Å². The van der Waals surface area contributed by atoms with E-state index in [4.69, 9.17) is 4.98 Å². The molecule has 134 valence electrons. The fraction of sp³-hybridized carbons (Fsp3) is 0.400. The van der Waals surface area contributed by atoms with Gasteiger partial charge in [-0.05, 0) is 31.0 Å². The molecule has 3 aromatic rings. The quantitative estimate of drug-likeness (QED) is 0.724.